The van der Waals surface area contributed by atoms with E-state index < -0.39 is 6.04 Å². The summed E-state index contributed by atoms with van der Waals surface area (Å²) in [5.41, 5.74) is 6.60. The third-order valence-corrected chi connectivity index (χ3v) is 2.37. The number of amides is 1. The lowest BCUT2D eigenvalue weighted by Gasteiger charge is -2.21. The van der Waals surface area contributed by atoms with Gasteiger partial charge in [-0.05, 0) is 12.1 Å². The van der Waals surface area contributed by atoms with E-state index in [0.717, 1.165) is 0 Å². The second-order valence-corrected chi connectivity index (χ2v) is 3.54. The number of nitriles is 1. The normalized spacial score (nSPS) is 11.1. The van der Waals surface area contributed by atoms with Crippen molar-refractivity contribution in [2.75, 3.05) is 11.9 Å². The summed E-state index contributed by atoms with van der Waals surface area (Å²) in [5.74, 6) is 2.05. The third kappa shape index (κ3) is 2.84. The maximum Gasteiger partial charge on any atom is 0.244 e. The van der Waals surface area contributed by atoms with E-state index >= 15 is 0 Å². The lowest BCUT2D eigenvalue weighted by molar-refractivity contribution is -0.119. The summed E-state index contributed by atoms with van der Waals surface area (Å²) in [4.78, 5) is 13.3. The molecule has 1 aromatic carbocycles. The number of nitrogens with zero attached hydrogens (tertiary/aromatic N) is 2. The van der Waals surface area contributed by atoms with Gasteiger partial charge in [0, 0.05) is 13.5 Å². The summed E-state index contributed by atoms with van der Waals surface area (Å²) < 4.78 is 0. The fraction of sp³-hybridized carbons (Fsp3) is 0.231. The molecule has 0 aromatic heterocycles. The smallest absolute Gasteiger partial charge is 0.244 e. The molecule has 0 aliphatic carbocycles. The van der Waals surface area contributed by atoms with Crippen molar-refractivity contribution in [2.24, 2.45) is 5.73 Å². The number of rotatable bonds is 3. The van der Waals surface area contributed by atoms with Gasteiger partial charge in [-0.3, -0.25) is 4.79 Å². The highest BCUT2D eigenvalue weighted by Crippen LogP contribution is 2.18. The number of terminal acetylenes is 1. The molecule has 17 heavy (non-hydrogen) atoms. The predicted molar refractivity (Wildman–Crippen MR) is 66.0 cm³/mol. The van der Waals surface area contributed by atoms with Crippen molar-refractivity contribution in [3.05, 3.63) is 29.8 Å². The molecule has 2 N–H and O–H groups in total. The first-order chi connectivity index (χ1) is 8.11. The Bertz CT molecular complexity index is 496. The fourth-order valence-corrected chi connectivity index (χ4v) is 1.44. The maximum absolute atomic E-state index is 11.9. The SMILES string of the molecule is C#CCC(N)C(=O)N(C)c1ccccc1C#N. The van der Waals surface area contributed by atoms with Gasteiger partial charge in [0.25, 0.3) is 0 Å². The van der Waals surface area contributed by atoms with Gasteiger partial charge in [-0.15, -0.1) is 12.3 Å². The molecule has 0 spiro atoms. The zero-order chi connectivity index (χ0) is 12.8. The quantitative estimate of drug-likeness (QED) is 0.779. The van der Waals surface area contributed by atoms with Gasteiger partial charge in [-0.2, -0.15) is 5.26 Å². The Hall–Kier alpha value is -2.30. The molecule has 0 saturated carbocycles. The molecule has 4 nitrogen and oxygen atoms in total. The largest absolute Gasteiger partial charge is 0.319 e. The Morgan fingerprint density at radius 1 is 1.59 bits per heavy atom. The van der Waals surface area contributed by atoms with E-state index in [0.29, 0.717) is 11.3 Å². The minimum atomic E-state index is -0.739. The second-order valence-electron chi connectivity index (χ2n) is 3.54. The van der Waals surface area contributed by atoms with Crippen molar-refractivity contribution in [1.29, 1.82) is 5.26 Å². The fourth-order valence-electron chi connectivity index (χ4n) is 1.44. The Kier molecular flexibility index (Phi) is 4.28. The van der Waals surface area contributed by atoms with E-state index in [1.165, 1.54) is 4.90 Å². The predicted octanol–water partition coefficient (Wildman–Crippen LogP) is 0.872. The molecular weight excluding hydrogens is 214 g/mol. The Morgan fingerprint density at radius 3 is 2.82 bits per heavy atom. The first kappa shape index (κ1) is 12.8. The van der Waals surface area contributed by atoms with Crippen LogP contribution in [0.2, 0.25) is 0 Å². The van der Waals surface area contributed by atoms with Crippen molar-refractivity contribution in [3.63, 3.8) is 0 Å². The summed E-state index contributed by atoms with van der Waals surface area (Å²) in [6.07, 6.45) is 5.29. The number of benzene rings is 1. The first-order valence-electron chi connectivity index (χ1n) is 5.07. The van der Waals surface area contributed by atoms with Crippen LogP contribution in [0, 0.1) is 23.7 Å². The van der Waals surface area contributed by atoms with Crippen molar-refractivity contribution in [1.82, 2.24) is 0 Å². The summed E-state index contributed by atoms with van der Waals surface area (Å²) in [6, 6.07) is 8.12. The molecule has 0 radical (unpaired) electrons. The standard InChI is InChI=1S/C13H13N3O/c1-3-6-11(15)13(17)16(2)12-8-5-4-7-10(12)9-14/h1,4-5,7-8,11H,6,15H2,2H3. The molecular formula is C13H13N3O. The molecule has 1 amide bonds. The van der Waals surface area contributed by atoms with Gasteiger partial charge in [0.05, 0.1) is 17.3 Å². The van der Waals surface area contributed by atoms with Crippen LogP contribution in [0.4, 0.5) is 5.69 Å². The first-order valence-corrected chi connectivity index (χ1v) is 5.07. The van der Waals surface area contributed by atoms with Crippen LogP contribution in [0.15, 0.2) is 24.3 Å². The Labute approximate surface area is 101 Å². The monoisotopic (exact) mass is 227 g/mol. The molecule has 0 saturated heterocycles. The Balaban J connectivity index is 2.98. The highest BCUT2D eigenvalue weighted by atomic mass is 16.2. The maximum atomic E-state index is 11.9. The zero-order valence-electron chi connectivity index (χ0n) is 9.55. The zero-order valence-corrected chi connectivity index (χ0v) is 9.55. The van der Waals surface area contributed by atoms with Crippen LogP contribution in [0.3, 0.4) is 0 Å². The number of carbonyl (C=O) groups excluding carboxylic acids is 1. The molecule has 1 unspecified atom stereocenters. The topological polar surface area (TPSA) is 70.1 Å². The van der Waals surface area contributed by atoms with E-state index in [2.05, 4.69) is 5.92 Å². The van der Waals surface area contributed by atoms with Crippen LogP contribution in [0.5, 0.6) is 0 Å². The average Bonchev–Trinajstić information content (AvgIpc) is 2.37. The van der Waals surface area contributed by atoms with E-state index in [1.807, 2.05) is 6.07 Å². The number of hydrogen-bond donors (Lipinski definition) is 1. The van der Waals surface area contributed by atoms with E-state index in [4.69, 9.17) is 17.4 Å². The second kappa shape index (κ2) is 5.69. The number of nitrogens with two attached hydrogens (primary N) is 1. The van der Waals surface area contributed by atoms with Gasteiger partial charge < -0.3 is 10.6 Å². The van der Waals surface area contributed by atoms with Crippen LogP contribution in [0.25, 0.3) is 0 Å². The number of para-hydroxylation sites is 1. The van der Waals surface area contributed by atoms with Crippen LogP contribution in [0.1, 0.15) is 12.0 Å². The lowest BCUT2D eigenvalue weighted by atomic mass is 10.1. The molecule has 4 heteroatoms. The molecule has 1 atom stereocenters. The average molecular weight is 227 g/mol. The van der Waals surface area contributed by atoms with E-state index in [1.54, 1.807) is 31.3 Å². The highest BCUT2D eigenvalue weighted by molar-refractivity contribution is 5.97. The molecule has 1 rings (SSSR count). The summed E-state index contributed by atoms with van der Waals surface area (Å²) in [6.45, 7) is 0. The summed E-state index contributed by atoms with van der Waals surface area (Å²) in [7, 11) is 1.58. The summed E-state index contributed by atoms with van der Waals surface area (Å²) >= 11 is 0. The van der Waals surface area contributed by atoms with Gasteiger partial charge in [0.1, 0.15) is 6.07 Å². The van der Waals surface area contributed by atoms with Crippen molar-refractivity contribution in [3.8, 4) is 18.4 Å². The highest BCUT2D eigenvalue weighted by Gasteiger charge is 2.19. The number of likely N-dealkylation sites (N-methyl/N-ethyl adjacent to an activating group) is 1. The van der Waals surface area contributed by atoms with E-state index in [-0.39, 0.29) is 12.3 Å². The third-order valence-electron chi connectivity index (χ3n) is 2.37. The molecule has 0 aliphatic rings. The minimum Gasteiger partial charge on any atom is -0.319 e. The van der Waals surface area contributed by atoms with Crippen LogP contribution < -0.4 is 10.6 Å². The summed E-state index contributed by atoms with van der Waals surface area (Å²) in [5, 5.41) is 8.94. The molecule has 0 bridgehead atoms. The molecule has 0 aliphatic heterocycles. The van der Waals surface area contributed by atoms with Gasteiger partial charge in [-0.1, -0.05) is 12.1 Å². The number of hydrogen-bond acceptors (Lipinski definition) is 3. The number of carbonyl (C=O) groups is 1. The Morgan fingerprint density at radius 2 is 2.24 bits per heavy atom. The van der Waals surface area contributed by atoms with Crippen molar-refractivity contribution < 1.29 is 4.79 Å². The van der Waals surface area contributed by atoms with Crippen molar-refractivity contribution >= 4 is 11.6 Å². The van der Waals surface area contributed by atoms with Gasteiger partial charge in [0.2, 0.25) is 5.91 Å². The molecule has 1 aromatic rings. The molecule has 0 fully saturated rings. The number of anilines is 1. The van der Waals surface area contributed by atoms with E-state index in [9.17, 15) is 4.79 Å². The van der Waals surface area contributed by atoms with Crippen LogP contribution in [-0.2, 0) is 4.79 Å². The molecule has 86 valence electrons. The van der Waals surface area contributed by atoms with Crippen molar-refractivity contribution in [2.45, 2.75) is 12.5 Å². The van der Waals surface area contributed by atoms with Crippen LogP contribution in [-0.4, -0.2) is 19.0 Å². The minimum absolute atomic E-state index is 0.178. The van der Waals surface area contributed by atoms with Gasteiger partial charge in [0.15, 0.2) is 0 Å². The lowest BCUT2D eigenvalue weighted by Crippen LogP contribution is -2.41. The molecule has 0 heterocycles. The van der Waals surface area contributed by atoms with Gasteiger partial charge in [-0.25, -0.2) is 0 Å². The van der Waals surface area contributed by atoms with Crippen LogP contribution >= 0.6 is 0 Å². The van der Waals surface area contributed by atoms with Gasteiger partial charge >= 0.3 is 0 Å².